The normalized spacial score (nSPS) is 22.8. The maximum Gasteiger partial charge on any atom is 0.117 e. The molecule has 1 unspecified atom stereocenters. The maximum absolute atomic E-state index is 5.42. The summed E-state index contributed by atoms with van der Waals surface area (Å²) in [5, 5.41) is 0. The van der Waals surface area contributed by atoms with Crippen LogP contribution in [0.15, 0.2) is 36.6 Å². The van der Waals surface area contributed by atoms with Crippen LogP contribution in [0.3, 0.4) is 0 Å². The third-order valence-corrected chi connectivity index (χ3v) is 1.52. The van der Waals surface area contributed by atoms with Gasteiger partial charge < -0.3 is 9.47 Å². The molecule has 1 atom stereocenters. The molecule has 12 heavy (non-hydrogen) atoms. The molecule has 0 aromatic carbocycles. The first-order valence-corrected chi connectivity index (χ1v) is 4.06. The fraction of sp³-hybridized carbons (Fsp3) is 0.400. The van der Waals surface area contributed by atoms with Crippen LogP contribution in [0.5, 0.6) is 0 Å². The van der Waals surface area contributed by atoms with Crippen LogP contribution in [0.25, 0.3) is 0 Å². The first-order chi connectivity index (χ1) is 5.86. The summed E-state index contributed by atoms with van der Waals surface area (Å²) in [6.07, 6.45) is 7.69. The van der Waals surface area contributed by atoms with E-state index in [-0.39, 0.29) is 0 Å². The van der Waals surface area contributed by atoms with Crippen LogP contribution in [0, 0.1) is 0 Å². The Bertz CT molecular complexity index is 200. The van der Waals surface area contributed by atoms with Crippen molar-refractivity contribution >= 4 is 0 Å². The second-order valence-electron chi connectivity index (χ2n) is 2.55. The molecule has 0 N–H and O–H groups in total. The van der Waals surface area contributed by atoms with Crippen LogP contribution < -0.4 is 0 Å². The SMILES string of the molecule is C=C/C=C\C(=C/C)OCC1CO1. The zero-order chi connectivity index (χ0) is 8.81. The number of epoxide rings is 1. The van der Waals surface area contributed by atoms with Gasteiger partial charge in [-0.05, 0) is 19.1 Å². The Morgan fingerprint density at radius 2 is 2.50 bits per heavy atom. The van der Waals surface area contributed by atoms with Crippen LogP contribution in [0.4, 0.5) is 0 Å². The quantitative estimate of drug-likeness (QED) is 0.354. The molecule has 1 rings (SSSR count). The molecule has 1 heterocycles. The highest BCUT2D eigenvalue weighted by molar-refractivity contribution is 5.15. The van der Waals surface area contributed by atoms with Gasteiger partial charge >= 0.3 is 0 Å². The zero-order valence-corrected chi connectivity index (χ0v) is 7.32. The first-order valence-electron chi connectivity index (χ1n) is 4.06. The van der Waals surface area contributed by atoms with Crippen LogP contribution >= 0.6 is 0 Å². The smallest absolute Gasteiger partial charge is 0.117 e. The predicted octanol–water partition coefficient (Wildman–Crippen LogP) is 2.05. The molecular formula is C10H14O2. The standard InChI is InChI=1S/C10H14O2/c1-3-5-6-9(4-2)11-7-10-8-12-10/h3-6,10H,1,7-8H2,2H3/b6-5-,9-4+. The van der Waals surface area contributed by atoms with Gasteiger partial charge in [-0.1, -0.05) is 18.7 Å². The summed E-state index contributed by atoms with van der Waals surface area (Å²) in [5.41, 5.74) is 0. The molecule has 0 spiro atoms. The van der Waals surface area contributed by atoms with Gasteiger partial charge in [-0.25, -0.2) is 0 Å². The third kappa shape index (κ3) is 3.39. The molecule has 0 bridgehead atoms. The average molecular weight is 166 g/mol. The molecule has 0 aliphatic carbocycles. The fourth-order valence-corrected chi connectivity index (χ4v) is 0.744. The van der Waals surface area contributed by atoms with Crippen molar-refractivity contribution in [3.8, 4) is 0 Å². The largest absolute Gasteiger partial charge is 0.491 e. The summed E-state index contributed by atoms with van der Waals surface area (Å²) < 4.78 is 10.4. The molecule has 0 aromatic heterocycles. The molecule has 1 fully saturated rings. The Hall–Kier alpha value is -1.02. The van der Waals surface area contributed by atoms with Gasteiger partial charge in [0.1, 0.15) is 18.5 Å². The zero-order valence-electron chi connectivity index (χ0n) is 7.32. The molecule has 1 aliphatic heterocycles. The molecule has 1 aliphatic rings. The molecule has 2 nitrogen and oxygen atoms in total. The lowest BCUT2D eigenvalue weighted by atomic mass is 10.4. The summed E-state index contributed by atoms with van der Waals surface area (Å²) in [4.78, 5) is 0. The Kier molecular flexibility index (Phi) is 3.61. The van der Waals surface area contributed by atoms with Crippen molar-refractivity contribution < 1.29 is 9.47 Å². The van der Waals surface area contributed by atoms with Gasteiger partial charge in [0.2, 0.25) is 0 Å². The van der Waals surface area contributed by atoms with Crippen LogP contribution in [-0.2, 0) is 9.47 Å². The highest BCUT2D eigenvalue weighted by Gasteiger charge is 2.22. The predicted molar refractivity (Wildman–Crippen MR) is 48.8 cm³/mol. The number of allylic oxidation sites excluding steroid dienone is 4. The molecular weight excluding hydrogens is 152 g/mol. The Morgan fingerprint density at radius 3 is 3.00 bits per heavy atom. The van der Waals surface area contributed by atoms with Gasteiger partial charge in [-0.3, -0.25) is 0 Å². The van der Waals surface area contributed by atoms with Crippen molar-refractivity contribution in [1.29, 1.82) is 0 Å². The molecule has 66 valence electrons. The van der Waals surface area contributed by atoms with Crippen molar-refractivity contribution in [2.24, 2.45) is 0 Å². The summed E-state index contributed by atoms with van der Waals surface area (Å²) in [5.74, 6) is 0.866. The summed E-state index contributed by atoms with van der Waals surface area (Å²) in [6.45, 7) is 7.01. The van der Waals surface area contributed by atoms with Crippen molar-refractivity contribution in [1.82, 2.24) is 0 Å². The number of rotatable bonds is 5. The average Bonchev–Trinajstić information content (AvgIpc) is 2.89. The van der Waals surface area contributed by atoms with E-state index in [1.165, 1.54) is 0 Å². The second kappa shape index (κ2) is 4.78. The Labute approximate surface area is 73.2 Å². The molecule has 0 amide bonds. The van der Waals surface area contributed by atoms with E-state index in [4.69, 9.17) is 9.47 Å². The van der Waals surface area contributed by atoms with Gasteiger partial charge in [0.05, 0.1) is 6.61 Å². The fourth-order valence-electron chi connectivity index (χ4n) is 0.744. The van der Waals surface area contributed by atoms with Gasteiger partial charge in [0.15, 0.2) is 0 Å². The summed E-state index contributed by atoms with van der Waals surface area (Å²) in [6, 6.07) is 0. The van der Waals surface area contributed by atoms with Crippen molar-refractivity contribution in [2.45, 2.75) is 13.0 Å². The lowest BCUT2D eigenvalue weighted by Gasteiger charge is -2.02. The topological polar surface area (TPSA) is 21.8 Å². The number of hydrogen-bond acceptors (Lipinski definition) is 2. The molecule has 0 saturated carbocycles. The van der Waals surface area contributed by atoms with Crippen LogP contribution in [-0.4, -0.2) is 19.3 Å². The van der Waals surface area contributed by atoms with Crippen molar-refractivity contribution in [3.05, 3.63) is 36.6 Å². The highest BCUT2D eigenvalue weighted by Crippen LogP contribution is 2.11. The number of ether oxygens (including phenoxy) is 2. The minimum Gasteiger partial charge on any atom is -0.491 e. The minimum atomic E-state index is 0.317. The first kappa shape index (κ1) is 9.07. The summed E-state index contributed by atoms with van der Waals surface area (Å²) in [7, 11) is 0. The summed E-state index contributed by atoms with van der Waals surface area (Å²) >= 11 is 0. The molecule has 0 radical (unpaired) electrons. The third-order valence-electron chi connectivity index (χ3n) is 1.52. The van der Waals surface area contributed by atoms with Gasteiger partial charge in [-0.2, -0.15) is 0 Å². The number of hydrogen-bond donors (Lipinski definition) is 0. The van der Waals surface area contributed by atoms with Gasteiger partial charge in [0, 0.05) is 0 Å². The second-order valence-corrected chi connectivity index (χ2v) is 2.55. The highest BCUT2D eigenvalue weighted by atomic mass is 16.6. The lowest BCUT2D eigenvalue weighted by Crippen LogP contribution is -1.99. The Morgan fingerprint density at radius 1 is 1.75 bits per heavy atom. The van der Waals surface area contributed by atoms with E-state index < -0.39 is 0 Å². The molecule has 0 aromatic rings. The van der Waals surface area contributed by atoms with E-state index in [0.717, 1.165) is 12.4 Å². The van der Waals surface area contributed by atoms with Crippen molar-refractivity contribution in [3.63, 3.8) is 0 Å². The van der Waals surface area contributed by atoms with Crippen molar-refractivity contribution in [2.75, 3.05) is 13.2 Å². The maximum atomic E-state index is 5.42. The van der Waals surface area contributed by atoms with E-state index in [2.05, 4.69) is 6.58 Å². The Balaban J connectivity index is 2.24. The van der Waals surface area contributed by atoms with E-state index >= 15 is 0 Å². The van der Waals surface area contributed by atoms with E-state index in [1.54, 1.807) is 6.08 Å². The van der Waals surface area contributed by atoms with Gasteiger partial charge in [0.25, 0.3) is 0 Å². The monoisotopic (exact) mass is 166 g/mol. The van der Waals surface area contributed by atoms with E-state index in [1.807, 2.05) is 25.2 Å². The van der Waals surface area contributed by atoms with E-state index in [0.29, 0.717) is 12.7 Å². The molecule has 1 saturated heterocycles. The molecule has 2 heteroatoms. The minimum absolute atomic E-state index is 0.317. The van der Waals surface area contributed by atoms with Crippen LogP contribution in [0.2, 0.25) is 0 Å². The van der Waals surface area contributed by atoms with Gasteiger partial charge in [-0.15, -0.1) is 0 Å². The van der Waals surface area contributed by atoms with Crippen LogP contribution in [0.1, 0.15) is 6.92 Å². The lowest BCUT2D eigenvalue weighted by molar-refractivity contribution is 0.192. The van der Waals surface area contributed by atoms with E-state index in [9.17, 15) is 0 Å².